The molecule has 26 heavy (non-hydrogen) atoms. The number of carbonyl (C=O) groups is 2. The van der Waals surface area contributed by atoms with Crippen molar-refractivity contribution in [1.82, 2.24) is 0 Å². The highest BCUT2D eigenvalue weighted by atomic mass is 16.5. The van der Waals surface area contributed by atoms with Crippen molar-refractivity contribution in [2.45, 2.75) is 57.2 Å². The zero-order valence-electron chi connectivity index (χ0n) is 15.3. The summed E-state index contributed by atoms with van der Waals surface area (Å²) in [6.07, 6.45) is 10.9. The second kappa shape index (κ2) is 10.3. The van der Waals surface area contributed by atoms with Gasteiger partial charge in [-0.05, 0) is 31.3 Å². The molecule has 0 saturated heterocycles. The van der Waals surface area contributed by atoms with Gasteiger partial charge in [-0.25, -0.2) is 0 Å². The maximum atomic E-state index is 12.1. The summed E-state index contributed by atoms with van der Waals surface area (Å²) in [6, 6.07) is 0. The Hall–Kier alpha value is -1.90. The van der Waals surface area contributed by atoms with Crippen LogP contribution in [0.3, 0.4) is 0 Å². The predicted molar refractivity (Wildman–Crippen MR) is 97.9 cm³/mol. The third-order valence-corrected chi connectivity index (χ3v) is 5.14. The van der Waals surface area contributed by atoms with E-state index in [0.717, 1.165) is 25.7 Å². The van der Waals surface area contributed by atoms with E-state index in [0.29, 0.717) is 18.8 Å². The molecule has 2 aliphatic carbocycles. The monoisotopic (exact) mass is 360 g/mol. The number of rotatable bonds is 7. The Morgan fingerprint density at radius 3 is 2.81 bits per heavy atom. The molecule has 142 valence electrons. The van der Waals surface area contributed by atoms with Gasteiger partial charge in [0.15, 0.2) is 5.78 Å². The standard InChI is InChI=1S/C21H28O5/c1-26-20(25)10-4-2-3-9-18(23)21-16(12-14-19(21)24)11-13-17(22)15-7-5-6-8-15/h11-18,21-23H,2,4-8,10H2,1H3. The first-order chi connectivity index (χ1) is 12.5. The maximum Gasteiger partial charge on any atom is 0.305 e. The number of aliphatic hydroxyl groups excluding tert-OH is 2. The topological polar surface area (TPSA) is 83.8 Å². The summed E-state index contributed by atoms with van der Waals surface area (Å²) in [7, 11) is 1.34. The average molecular weight is 360 g/mol. The first kappa shape index (κ1) is 20.4. The molecule has 0 aromatic rings. The summed E-state index contributed by atoms with van der Waals surface area (Å²) in [5.74, 6) is 4.53. The predicted octanol–water partition coefficient (Wildman–Crippen LogP) is 2.17. The van der Waals surface area contributed by atoms with Crippen molar-refractivity contribution < 1.29 is 24.5 Å². The van der Waals surface area contributed by atoms with Crippen molar-refractivity contribution in [2.24, 2.45) is 17.8 Å². The molecule has 2 N–H and O–H groups in total. The summed E-state index contributed by atoms with van der Waals surface area (Å²) >= 11 is 0. The minimum atomic E-state index is -1.06. The second-order valence-corrected chi connectivity index (χ2v) is 6.98. The van der Waals surface area contributed by atoms with Gasteiger partial charge < -0.3 is 14.9 Å². The molecule has 4 atom stereocenters. The zero-order chi connectivity index (χ0) is 18.9. The molecule has 0 heterocycles. The van der Waals surface area contributed by atoms with Crippen LogP contribution in [0.2, 0.25) is 0 Å². The molecule has 2 rings (SSSR count). The number of unbranched alkanes of at least 4 members (excludes halogenated alkanes) is 1. The molecule has 4 unspecified atom stereocenters. The summed E-state index contributed by atoms with van der Waals surface area (Å²) in [4.78, 5) is 23.1. The van der Waals surface area contributed by atoms with Gasteiger partial charge >= 0.3 is 5.97 Å². The molecule has 0 amide bonds. The fourth-order valence-corrected chi connectivity index (χ4v) is 3.56. The quantitative estimate of drug-likeness (QED) is 0.315. The number of allylic oxidation sites excluding steroid dienone is 3. The van der Waals surface area contributed by atoms with Crippen molar-refractivity contribution in [3.05, 3.63) is 24.3 Å². The fourth-order valence-electron chi connectivity index (χ4n) is 3.56. The molecule has 2 aliphatic rings. The van der Waals surface area contributed by atoms with Gasteiger partial charge in [-0.1, -0.05) is 37.0 Å². The normalized spacial score (nSPS) is 25.3. The Bertz CT molecular complexity index is 604. The Labute approximate surface area is 155 Å². The van der Waals surface area contributed by atoms with E-state index in [1.807, 2.05) is 6.08 Å². The van der Waals surface area contributed by atoms with E-state index in [2.05, 4.69) is 16.6 Å². The van der Waals surface area contributed by atoms with E-state index in [1.165, 1.54) is 13.2 Å². The lowest BCUT2D eigenvalue weighted by molar-refractivity contribution is -0.140. The van der Waals surface area contributed by atoms with Crippen LogP contribution in [0.25, 0.3) is 0 Å². The molecule has 0 spiro atoms. The van der Waals surface area contributed by atoms with Crippen LogP contribution in [-0.4, -0.2) is 41.3 Å². The highest BCUT2D eigenvalue weighted by Crippen LogP contribution is 2.30. The largest absolute Gasteiger partial charge is 0.469 e. The molecule has 1 fully saturated rings. The van der Waals surface area contributed by atoms with Crippen LogP contribution in [-0.2, 0) is 14.3 Å². The molecule has 1 saturated carbocycles. The molecular weight excluding hydrogens is 332 g/mol. The van der Waals surface area contributed by atoms with Gasteiger partial charge in [-0.2, -0.15) is 0 Å². The van der Waals surface area contributed by atoms with E-state index in [1.54, 1.807) is 12.2 Å². The van der Waals surface area contributed by atoms with Gasteiger partial charge in [0.05, 0.1) is 19.1 Å². The van der Waals surface area contributed by atoms with Gasteiger partial charge in [-0.3, -0.25) is 9.59 Å². The molecule has 0 radical (unpaired) electrons. The third-order valence-electron chi connectivity index (χ3n) is 5.14. The average Bonchev–Trinajstić information content (AvgIpc) is 3.28. The highest BCUT2D eigenvalue weighted by molar-refractivity contribution is 5.95. The first-order valence-electron chi connectivity index (χ1n) is 9.34. The smallest absolute Gasteiger partial charge is 0.305 e. The van der Waals surface area contributed by atoms with E-state index in [-0.39, 0.29) is 24.1 Å². The zero-order valence-corrected chi connectivity index (χ0v) is 15.3. The first-order valence-corrected chi connectivity index (χ1v) is 9.34. The molecule has 0 aliphatic heterocycles. The number of aliphatic hydroxyl groups is 2. The fraction of sp³-hybridized carbons (Fsp3) is 0.619. The Morgan fingerprint density at radius 2 is 2.12 bits per heavy atom. The minimum absolute atomic E-state index is 0.147. The van der Waals surface area contributed by atoms with Gasteiger partial charge in [0.1, 0.15) is 6.10 Å². The number of carbonyl (C=O) groups excluding carboxylic acids is 2. The van der Waals surface area contributed by atoms with Crippen LogP contribution >= 0.6 is 0 Å². The number of methoxy groups -OCH3 is 1. The maximum absolute atomic E-state index is 12.1. The third kappa shape index (κ3) is 5.82. The van der Waals surface area contributed by atoms with E-state index < -0.39 is 18.1 Å². The summed E-state index contributed by atoms with van der Waals surface area (Å²) in [6.45, 7) is 0. The lowest BCUT2D eigenvalue weighted by atomic mass is 9.88. The molecular formula is C21H28O5. The Morgan fingerprint density at radius 1 is 1.38 bits per heavy atom. The van der Waals surface area contributed by atoms with Crippen LogP contribution in [0.4, 0.5) is 0 Å². The van der Waals surface area contributed by atoms with Crippen molar-refractivity contribution in [1.29, 1.82) is 0 Å². The molecule has 0 bridgehead atoms. The van der Waals surface area contributed by atoms with Crippen LogP contribution in [0.1, 0.15) is 44.9 Å². The van der Waals surface area contributed by atoms with Crippen LogP contribution in [0, 0.1) is 29.6 Å². The van der Waals surface area contributed by atoms with E-state index in [9.17, 15) is 19.8 Å². The number of ketones is 1. The summed E-state index contributed by atoms with van der Waals surface area (Å²) in [5, 5.41) is 20.5. The molecule has 0 aromatic heterocycles. The van der Waals surface area contributed by atoms with Crippen LogP contribution in [0.5, 0.6) is 0 Å². The van der Waals surface area contributed by atoms with Crippen molar-refractivity contribution in [2.75, 3.05) is 7.11 Å². The van der Waals surface area contributed by atoms with Gasteiger partial charge in [0.2, 0.25) is 0 Å². The van der Waals surface area contributed by atoms with E-state index >= 15 is 0 Å². The lowest BCUT2D eigenvalue weighted by Gasteiger charge is -2.19. The summed E-state index contributed by atoms with van der Waals surface area (Å²) < 4.78 is 4.55. The molecule has 5 nitrogen and oxygen atoms in total. The molecule has 0 aromatic carbocycles. The Balaban J connectivity index is 1.87. The van der Waals surface area contributed by atoms with Gasteiger partial charge in [0, 0.05) is 18.8 Å². The minimum Gasteiger partial charge on any atom is -0.469 e. The van der Waals surface area contributed by atoms with Gasteiger partial charge in [0.25, 0.3) is 0 Å². The van der Waals surface area contributed by atoms with Gasteiger partial charge in [-0.15, -0.1) is 5.92 Å². The lowest BCUT2D eigenvalue weighted by Crippen LogP contribution is -2.28. The highest BCUT2D eigenvalue weighted by Gasteiger charge is 2.34. The molecule has 5 heteroatoms. The summed E-state index contributed by atoms with van der Waals surface area (Å²) in [5.41, 5.74) is 0. The second-order valence-electron chi connectivity index (χ2n) is 6.98. The van der Waals surface area contributed by atoms with Crippen molar-refractivity contribution in [3.63, 3.8) is 0 Å². The number of esters is 1. The number of hydrogen-bond acceptors (Lipinski definition) is 5. The Kier molecular flexibility index (Phi) is 8.08. The SMILES string of the molecule is COC(=O)CCCC#CC(O)C1C(=O)C=CC1C=CC(O)C1CCCC1. The van der Waals surface area contributed by atoms with Crippen LogP contribution in [0.15, 0.2) is 24.3 Å². The van der Waals surface area contributed by atoms with Crippen LogP contribution < -0.4 is 0 Å². The van der Waals surface area contributed by atoms with Crippen molar-refractivity contribution in [3.8, 4) is 11.8 Å². The van der Waals surface area contributed by atoms with E-state index in [4.69, 9.17) is 0 Å². The number of ether oxygens (including phenoxy) is 1. The van der Waals surface area contributed by atoms with Crippen molar-refractivity contribution >= 4 is 11.8 Å². The number of hydrogen-bond donors (Lipinski definition) is 2.